The number of hydrogen-bond acceptors (Lipinski definition) is 3. The summed E-state index contributed by atoms with van der Waals surface area (Å²) in [4.78, 5) is 14.4. The van der Waals surface area contributed by atoms with Crippen molar-refractivity contribution in [1.82, 2.24) is 15.0 Å². The van der Waals surface area contributed by atoms with Gasteiger partial charge in [-0.25, -0.2) is 14.4 Å². The van der Waals surface area contributed by atoms with E-state index in [1.165, 1.54) is 28.6 Å². The van der Waals surface area contributed by atoms with E-state index >= 15 is 0 Å². The molecule has 4 aromatic rings. The standard InChI is InChI=1S/C21H19FN4/c22-15-5-6-20-17(11-15)21(25-13-24-20)26-9-7-14(8-10-26)18-12-23-19-4-2-1-3-16(18)19/h1-6,11-14,23H,7-10H2. The van der Waals surface area contributed by atoms with E-state index in [1.807, 2.05) is 0 Å². The van der Waals surface area contributed by atoms with Gasteiger partial charge in [-0.15, -0.1) is 0 Å². The quantitative estimate of drug-likeness (QED) is 0.575. The zero-order chi connectivity index (χ0) is 17.5. The van der Waals surface area contributed by atoms with Gasteiger partial charge in [0.15, 0.2) is 0 Å². The number of H-pyrrole nitrogens is 1. The summed E-state index contributed by atoms with van der Waals surface area (Å²) in [7, 11) is 0. The molecule has 0 saturated carbocycles. The maximum Gasteiger partial charge on any atom is 0.139 e. The van der Waals surface area contributed by atoms with Gasteiger partial charge in [-0.1, -0.05) is 18.2 Å². The van der Waals surface area contributed by atoms with Gasteiger partial charge in [-0.3, -0.25) is 0 Å². The van der Waals surface area contributed by atoms with Crippen LogP contribution in [-0.4, -0.2) is 28.0 Å². The minimum atomic E-state index is -0.248. The molecular formula is C21H19FN4. The van der Waals surface area contributed by atoms with E-state index in [1.54, 1.807) is 12.4 Å². The second-order valence-electron chi connectivity index (χ2n) is 6.91. The highest BCUT2D eigenvalue weighted by Gasteiger charge is 2.24. The Balaban J connectivity index is 1.42. The average Bonchev–Trinajstić information content (AvgIpc) is 3.12. The van der Waals surface area contributed by atoms with Gasteiger partial charge in [0.25, 0.3) is 0 Å². The molecule has 0 aliphatic carbocycles. The van der Waals surface area contributed by atoms with Gasteiger partial charge in [-0.05, 0) is 48.6 Å². The van der Waals surface area contributed by atoms with Crippen molar-refractivity contribution in [3.63, 3.8) is 0 Å². The van der Waals surface area contributed by atoms with E-state index in [2.05, 4.69) is 50.3 Å². The van der Waals surface area contributed by atoms with Crippen molar-refractivity contribution in [2.45, 2.75) is 18.8 Å². The molecule has 2 aromatic heterocycles. The molecular weight excluding hydrogens is 327 g/mol. The summed E-state index contributed by atoms with van der Waals surface area (Å²) >= 11 is 0. The smallest absolute Gasteiger partial charge is 0.139 e. The predicted molar refractivity (Wildman–Crippen MR) is 102 cm³/mol. The van der Waals surface area contributed by atoms with Crippen LogP contribution in [0, 0.1) is 5.82 Å². The number of benzene rings is 2. The maximum absolute atomic E-state index is 13.7. The normalized spacial score (nSPS) is 15.8. The molecule has 0 amide bonds. The Morgan fingerprint density at radius 2 is 1.85 bits per heavy atom. The third kappa shape index (κ3) is 2.51. The lowest BCUT2D eigenvalue weighted by atomic mass is 9.89. The minimum Gasteiger partial charge on any atom is -0.361 e. The molecule has 1 saturated heterocycles. The summed E-state index contributed by atoms with van der Waals surface area (Å²) in [5, 5.41) is 2.11. The van der Waals surface area contributed by atoms with Gasteiger partial charge < -0.3 is 9.88 Å². The molecule has 26 heavy (non-hydrogen) atoms. The Labute approximate surface area is 150 Å². The zero-order valence-electron chi connectivity index (χ0n) is 14.3. The summed E-state index contributed by atoms with van der Waals surface area (Å²) in [5.74, 6) is 1.13. The number of fused-ring (bicyclic) bond motifs is 2. The SMILES string of the molecule is Fc1ccc2ncnc(N3CCC(c4c[nH]c5ccccc45)CC3)c2c1. The number of aromatic nitrogens is 3. The average molecular weight is 346 g/mol. The number of nitrogens with one attached hydrogen (secondary N) is 1. The van der Waals surface area contributed by atoms with Crippen LogP contribution in [0.2, 0.25) is 0 Å². The van der Waals surface area contributed by atoms with Crippen molar-refractivity contribution in [3.05, 3.63) is 66.4 Å². The van der Waals surface area contributed by atoms with Crippen LogP contribution in [0.1, 0.15) is 24.3 Å². The van der Waals surface area contributed by atoms with E-state index < -0.39 is 0 Å². The number of halogens is 1. The lowest BCUT2D eigenvalue weighted by molar-refractivity contribution is 0.506. The first-order chi connectivity index (χ1) is 12.8. The Morgan fingerprint density at radius 3 is 2.73 bits per heavy atom. The molecule has 1 N–H and O–H groups in total. The lowest BCUT2D eigenvalue weighted by Crippen LogP contribution is -2.33. The number of anilines is 1. The topological polar surface area (TPSA) is 44.8 Å². The Morgan fingerprint density at radius 1 is 1.00 bits per heavy atom. The fourth-order valence-electron chi connectivity index (χ4n) is 4.10. The van der Waals surface area contributed by atoms with Crippen LogP contribution in [0.5, 0.6) is 0 Å². The van der Waals surface area contributed by atoms with Crippen molar-refractivity contribution in [1.29, 1.82) is 0 Å². The van der Waals surface area contributed by atoms with E-state index in [9.17, 15) is 4.39 Å². The Hall–Kier alpha value is -2.95. The van der Waals surface area contributed by atoms with Gasteiger partial charge in [0.1, 0.15) is 18.0 Å². The maximum atomic E-state index is 13.7. The molecule has 5 rings (SSSR count). The highest BCUT2D eigenvalue weighted by Crippen LogP contribution is 2.35. The molecule has 0 radical (unpaired) electrons. The van der Waals surface area contributed by atoms with Crippen LogP contribution >= 0.6 is 0 Å². The van der Waals surface area contributed by atoms with Crippen LogP contribution < -0.4 is 4.90 Å². The van der Waals surface area contributed by atoms with Gasteiger partial charge in [0, 0.05) is 35.6 Å². The number of nitrogens with zero attached hydrogens (tertiary/aromatic N) is 3. The van der Waals surface area contributed by atoms with Crippen molar-refractivity contribution in [3.8, 4) is 0 Å². The van der Waals surface area contributed by atoms with Crippen LogP contribution in [0.25, 0.3) is 21.8 Å². The fourth-order valence-corrected chi connectivity index (χ4v) is 4.10. The number of rotatable bonds is 2. The second-order valence-corrected chi connectivity index (χ2v) is 6.91. The molecule has 2 aromatic carbocycles. The first kappa shape index (κ1) is 15.3. The molecule has 4 nitrogen and oxygen atoms in total. The molecule has 1 aliphatic rings. The summed E-state index contributed by atoms with van der Waals surface area (Å²) in [5.41, 5.74) is 3.39. The van der Waals surface area contributed by atoms with E-state index in [-0.39, 0.29) is 5.82 Å². The second kappa shape index (κ2) is 6.09. The summed E-state index contributed by atoms with van der Waals surface area (Å²) in [6.07, 6.45) is 5.84. The fraction of sp³-hybridized carbons (Fsp3) is 0.238. The highest BCUT2D eigenvalue weighted by atomic mass is 19.1. The van der Waals surface area contributed by atoms with Crippen molar-refractivity contribution >= 4 is 27.6 Å². The molecule has 1 aliphatic heterocycles. The van der Waals surface area contributed by atoms with E-state index in [0.29, 0.717) is 5.92 Å². The van der Waals surface area contributed by atoms with Crippen molar-refractivity contribution < 1.29 is 4.39 Å². The molecule has 0 unspecified atom stereocenters. The Kier molecular flexibility index (Phi) is 3.59. The molecule has 130 valence electrons. The first-order valence-corrected chi connectivity index (χ1v) is 9.01. The van der Waals surface area contributed by atoms with E-state index in [4.69, 9.17) is 0 Å². The largest absolute Gasteiger partial charge is 0.361 e. The van der Waals surface area contributed by atoms with Gasteiger partial charge in [-0.2, -0.15) is 0 Å². The molecule has 0 bridgehead atoms. The number of para-hydroxylation sites is 1. The molecule has 3 heterocycles. The van der Waals surface area contributed by atoms with Crippen LogP contribution in [0.4, 0.5) is 10.2 Å². The predicted octanol–water partition coefficient (Wildman–Crippen LogP) is 4.63. The summed E-state index contributed by atoms with van der Waals surface area (Å²) in [6, 6.07) is 13.2. The Bertz CT molecular complexity index is 1080. The molecule has 0 spiro atoms. The number of piperidine rings is 1. The highest BCUT2D eigenvalue weighted by molar-refractivity contribution is 5.89. The third-order valence-electron chi connectivity index (χ3n) is 5.43. The van der Waals surface area contributed by atoms with Crippen molar-refractivity contribution in [2.24, 2.45) is 0 Å². The summed E-state index contributed by atoms with van der Waals surface area (Å²) in [6.45, 7) is 1.82. The van der Waals surface area contributed by atoms with Gasteiger partial charge in [0.2, 0.25) is 0 Å². The number of hydrogen-bond donors (Lipinski definition) is 1. The minimum absolute atomic E-state index is 0.248. The monoisotopic (exact) mass is 346 g/mol. The van der Waals surface area contributed by atoms with Gasteiger partial charge >= 0.3 is 0 Å². The summed E-state index contributed by atoms with van der Waals surface area (Å²) < 4.78 is 13.7. The van der Waals surface area contributed by atoms with Crippen LogP contribution in [-0.2, 0) is 0 Å². The lowest BCUT2D eigenvalue weighted by Gasteiger charge is -2.33. The molecule has 0 atom stereocenters. The molecule has 5 heteroatoms. The van der Waals surface area contributed by atoms with E-state index in [0.717, 1.165) is 42.7 Å². The van der Waals surface area contributed by atoms with Crippen LogP contribution in [0.15, 0.2) is 55.0 Å². The first-order valence-electron chi connectivity index (χ1n) is 9.01. The zero-order valence-corrected chi connectivity index (χ0v) is 14.3. The third-order valence-corrected chi connectivity index (χ3v) is 5.43. The van der Waals surface area contributed by atoms with Crippen molar-refractivity contribution in [2.75, 3.05) is 18.0 Å². The molecule has 1 fully saturated rings. The van der Waals surface area contributed by atoms with Crippen LogP contribution in [0.3, 0.4) is 0 Å². The number of aromatic amines is 1. The van der Waals surface area contributed by atoms with Gasteiger partial charge in [0.05, 0.1) is 5.52 Å².